The molecule has 1 N–H and O–H groups in total. The van der Waals surface area contributed by atoms with Crippen molar-refractivity contribution in [3.05, 3.63) is 81.6 Å². The minimum absolute atomic E-state index is 0.0226. The Hall–Kier alpha value is -4.25. The lowest BCUT2D eigenvalue weighted by Crippen LogP contribution is -2.33. The van der Waals surface area contributed by atoms with Crippen molar-refractivity contribution in [2.75, 3.05) is 13.1 Å². The van der Waals surface area contributed by atoms with Crippen molar-refractivity contribution in [2.24, 2.45) is 10.2 Å². The highest BCUT2D eigenvalue weighted by atomic mass is 16.3. The highest BCUT2D eigenvalue weighted by Gasteiger charge is 2.20. The number of hydrogen-bond donors (Lipinski definition) is 1. The van der Waals surface area contributed by atoms with Gasteiger partial charge in [0.1, 0.15) is 11.6 Å². The number of azo groups is 1. The third-order valence-corrected chi connectivity index (χ3v) is 7.93. The second kappa shape index (κ2) is 18.4. The quantitative estimate of drug-likeness (QED) is 0.116. The predicted octanol–water partition coefficient (Wildman–Crippen LogP) is 9.30. The van der Waals surface area contributed by atoms with E-state index in [0.717, 1.165) is 43.3 Å². The molecule has 0 saturated carbocycles. The summed E-state index contributed by atoms with van der Waals surface area (Å²) in [6.45, 7) is 7.52. The van der Waals surface area contributed by atoms with Gasteiger partial charge in [0.25, 0.3) is 11.5 Å². The number of aromatic hydroxyl groups is 1. The van der Waals surface area contributed by atoms with Crippen molar-refractivity contribution in [2.45, 2.75) is 97.8 Å². The Morgan fingerprint density at radius 1 is 0.818 bits per heavy atom. The minimum Gasteiger partial charge on any atom is -0.493 e. The van der Waals surface area contributed by atoms with Crippen molar-refractivity contribution in [1.29, 1.82) is 5.26 Å². The van der Waals surface area contributed by atoms with Gasteiger partial charge in [0.05, 0.1) is 11.4 Å². The smallest absolute Gasteiger partial charge is 0.286 e. The van der Waals surface area contributed by atoms with Crippen LogP contribution in [0.5, 0.6) is 5.88 Å². The summed E-state index contributed by atoms with van der Waals surface area (Å²) in [5.74, 6) is -0.413. The molecule has 0 saturated heterocycles. The molecule has 0 unspecified atom stereocenters. The molecule has 234 valence electrons. The largest absolute Gasteiger partial charge is 0.493 e. The van der Waals surface area contributed by atoms with Crippen LogP contribution < -0.4 is 5.56 Å². The van der Waals surface area contributed by atoms with E-state index in [1.54, 1.807) is 61.5 Å². The van der Waals surface area contributed by atoms with E-state index in [1.165, 1.54) is 51.4 Å². The van der Waals surface area contributed by atoms with Gasteiger partial charge in [-0.25, -0.2) is 4.57 Å². The minimum atomic E-state index is -0.583. The number of unbranched alkanes of at least 4 members (excludes halogenated alkanes) is 10. The van der Waals surface area contributed by atoms with E-state index in [1.807, 2.05) is 11.0 Å². The molecule has 1 heterocycles. The lowest BCUT2D eigenvalue weighted by atomic mass is 10.1. The van der Waals surface area contributed by atoms with Crippen LogP contribution in [0.4, 0.5) is 11.4 Å². The number of nitrogens with zero attached hydrogens (tertiary/aromatic N) is 5. The number of para-hydroxylation sites is 1. The highest BCUT2D eigenvalue weighted by molar-refractivity contribution is 5.94. The molecule has 3 aromatic rings. The van der Waals surface area contributed by atoms with Crippen LogP contribution >= 0.6 is 0 Å². The molecule has 8 heteroatoms. The first kappa shape index (κ1) is 34.2. The molecule has 0 aliphatic carbocycles. The van der Waals surface area contributed by atoms with E-state index in [2.05, 4.69) is 24.1 Å². The fourth-order valence-corrected chi connectivity index (χ4v) is 5.27. The zero-order valence-corrected chi connectivity index (χ0v) is 26.6. The van der Waals surface area contributed by atoms with E-state index < -0.39 is 11.4 Å². The van der Waals surface area contributed by atoms with Gasteiger partial charge in [-0.1, -0.05) is 96.3 Å². The molecule has 0 aliphatic heterocycles. The van der Waals surface area contributed by atoms with Crippen molar-refractivity contribution in [3.63, 3.8) is 0 Å². The number of aromatic nitrogens is 1. The first-order chi connectivity index (χ1) is 21.4. The number of carbonyl (C=O) groups excluding carboxylic acids is 1. The van der Waals surface area contributed by atoms with Gasteiger partial charge in [-0.15, -0.1) is 5.11 Å². The second-order valence-electron chi connectivity index (χ2n) is 11.3. The Morgan fingerprint density at radius 3 is 1.91 bits per heavy atom. The van der Waals surface area contributed by atoms with E-state index in [0.29, 0.717) is 16.9 Å². The molecule has 1 aromatic heterocycles. The van der Waals surface area contributed by atoms with Crippen LogP contribution in [0.1, 0.15) is 112 Å². The molecule has 0 spiro atoms. The molecule has 0 radical (unpaired) electrons. The summed E-state index contributed by atoms with van der Waals surface area (Å²) in [6, 6.07) is 17.5. The molecular weight excluding hydrogens is 550 g/mol. The molecule has 3 rings (SSSR count). The van der Waals surface area contributed by atoms with Gasteiger partial charge in [0.15, 0.2) is 5.69 Å². The Kier molecular flexibility index (Phi) is 14.3. The molecule has 0 bridgehead atoms. The van der Waals surface area contributed by atoms with Crippen LogP contribution in [0.2, 0.25) is 0 Å². The van der Waals surface area contributed by atoms with E-state index in [-0.39, 0.29) is 22.7 Å². The second-order valence-corrected chi connectivity index (χ2v) is 11.3. The average molecular weight is 598 g/mol. The fraction of sp³-hybridized carbons (Fsp3) is 0.472. The average Bonchev–Trinajstić information content (AvgIpc) is 3.04. The molecule has 1 amide bonds. The van der Waals surface area contributed by atoms with Crippen LogP contribution in [-0.4, -0.2) is 33.6 Å². The number of carbonyl (C=O) groups is 1. The zero-order chi connectivity index (χ0) is 31.7. The Labute approximate surface area is 262 Å². The lowest BCUT2D eigenvalue weighted by molar-refractivity contribution is 0.0749. The first-order valence-corrected chi connectivity index (χ1v) is 16.2. The maximum absolute atomic E-state index is 13.5. The molecule has 0 aliphatic rings. The number of hydrogen-bond acceptors (Lipinski definition) is 6. The molecular formula is C36H47N5O3. The topological polar surface area (TPSA) is 111 Å². The Bertz CT molecular complexity index is 1440. The predicted molar refractivity (Wildman–Crippen MR) is 176 cm³/mol. The van der Waals surface area contributed by atoms with Gasteiger partial charge in [0, 0.05) is 24.2 Å². The summed E-state index contributed by atoms with van der Waals surface area (Å²) in [7, 11) is 0. The SMILES string of the molecule is CCCCCCCCN(CCCCCCCC)C(=O)c1ccc(N=Nc2c(C)c(C#N)c(O)n(-c3ccccc3)c2=O)cc1. The standard InChI is InChI=1S/C36H47N5O3/c1-4-6-8-10-12-17-25-40(26-18-13-11-9-7-5-2)34(42)29-21-23-30(24-22-29)38-39-33-28(3)32(27-37)35(43)41(36(33)44)31-19-15-14-16-20-31/h14-16,19-24,43H,4-13,17-18,25-26H2,1-3H3. The highest BCUT2D eigenvalue weighted by Crippen LogP contribution is 2.29. The van der Waals surface area contributed by atoms with Gasteiger partial charge in [0.2, 0.25) is 5.88 Å². The first-order valence-electron chi connectivity index (χ1n) is 16.2. The van der Waals surface area contributed by atoms with Crippen molar-refractivity contribution in [1.82, 2.24) is 9.47 Å². The Morgan fingerprint density at radius 2 is 1.36 bits per heavy atom. The number of benzene rings is 2. The van der Waals surface area contributed by atoms with Crippen LogP contribution in [0.25, 0.3) is 5.69 Å². The molecule has 44 heavy (non-hydrogen) atoms. The summed E-state index contributed by atoms with van der Waals surface area (Å²) in [4.78, 5) is 28.8. The summed E-state index contributed by atoms with van der Waals surface area (Å²) in [6.07, 6.45) is 14.2. The molecule has 0 atom stereocenters. The number of amides is 1. The Balaban J connectivity index is 1.76. The van der Waals surface area contributed by atoms with Gasteiger partial charge >= 0.3 is 0 Å². The number of rotatable bonds is 18. The van der Waals surface area contributed by atoms with Crippen LogP contribution in [0.15, 0.2) is 69.6 Å². The lowest BCUT2D eigenvalue weighted by Gasteiger charge is -2.23. The molecule has 2 aromatic carbocycles. The summed E-state index contributed by atoms with van der Waals surface area (Å²) < 4.78 is 1.06. The fourth-order valence-electron chi connectivity index (χ4n) is 5.27. The van der Waals surface area contributed by atoms with Gasteiger partial charge in [-0.2, -0.15) is 10.4 Å². The third kappa shape index (κ3) is 9.63. The zero-order valence-electron chi connectivity index (χ0n) is 26.6. The summed E-state index contributed by atoms with van der Waals surface area (Å²) >= 11 is 0. The molecule has 0 fully saturated rings. The van der Waals surface area contributed by atoms with Crippen molar-refractivity contribution >= 4 is 17.3 Å². The van der Waals surface area contributed by atoms with Gasteiger partial charge < -0.3 is 10.0 Å². The van der Waals surface area contributed by atoms with Crippen molar-refractivity contribution in [3.8, 4) is 17.6 Å². The van der Waals surface area contributed by atoms with Crippen LogP contribution in [-0.2, 0) is 0 Å². The number of nitriles is 1. The van der Waals surface area contributed by atoms with E-state index in [4.69, 9.17) is 0 Å². The maximum Gasteiger partial charge on any atom is 0.286 e. The maximum atomic E-state index is 13.5. The van der Waals surface area contributed by atoms with Crippen LogP contribution in [0, 0.1) is 18.3 Å². The summed E-state index contributed by atoms with van der Waals surface area (Å²) in [5.41, 5.74) is 1.07. The normalized spacial score (nSPS) is 11.1. The van der Waals surface area contributed by atoms with Gasteiger partial charge in [-0.05, 0) is 56.2 Å². The van der Waals surface area contributed by atoms with E-state index >= 15 is 0 Å². The third-order valence-electron chi connectivity index (χ3n) is 7.93. The van der Waals surface area contributed by atoms with Crippen molar-refractivity contribution < 1.29 is 9.90 Å². The summed E-state index contributed by atoms with van der Waals surface area (Å²) in [5, 5.41) is 28.8. The molecule has 8 nitrogen and oxygen atoms in total. The monoisotopic (exact) mass is 597 g/mol. The van der Waals surface area contributed by atoms with Gasteiger partial charge in [-0.3, -0.25) is 9.59 Å². The van der Waals surface area contributed by atoms with Crippen LogP contribution in [0.3, 0.4) is 0 Å². The van der Waals surface area contributed by atoms with E-state index in [9.17, 15) is 20.0 Å². The number of pyridine rings is 1.